The highest BCUT2D eigenvalue weighted by molar-refractivity contribution is 7.90. The molecule has 1 aliphatic heterocycles. The minimum atomic E-state index is -3.53. The highest BCUT2D eigenvalue weighted by Gasteiger charge is 2.38. The molecule has 3 aliphatic rings. The Morgan fingerprint density at radius 3 is 2.51 bits per heavy atom. The number of nitrogens with two attached hydrogens (primary N) is 1. The van der Waals surface area contributed by atoms with Crippen LogP contribution in [0, 0.1) is 5.92 Å². The predicted octanol–water partition coefficient (Wildman–Crippen LogP) is 3.54. The van der Waals surface area contributed by atoms with E-state index >= 15 is 0 Å². The number of aromatic nitrogens is 5. The number of nitrogens with zero attached hydrogens (tertiary/aromatic N) is 6. The molecule has 0 saturated heterocycles. The van der Waals surface area contributed by atoms with E-state index in [1.165, 1.54) is 24.7 Å². The zero-order valence-corrected chi connectivity index (χ0v) is 26.4. The molecule has 14 heteroatoms. The number of dihydropyridines is 1. The van der Waals surface area contributed by atoms with Crippen LogP contribution in [0.1, 0.15) is 62.4 Å². The van der Waals surface area contributed by atoms with Crippen molar-refractivity contribution >= 4 is 15.6 Å². The number of rotatable bonds is 10. The van der Waals surface area contributed by atoms with Crippen molar-refractivity contribution in [2.75, 3.05) is 20.6 Å². The fourth-order valence-corrected chi connectivity index (χ4v) is 7.42. The van der Waals surface area contributed by atoms with Crippen LogP contribution in [0.3, 0.4) is 0 Å². The molecular formula is C31H39F2N9O2S. The summed E-state index contributed by atoms with van der Waals surface area (Å²) in [6.45, 7) is 1.90. The summed E-state index contributed by atoms with van der Waals surface area (Å²) in [7, 11) is 0.653. The van der Waals surface area contributed by atoms with E-state index < -0.39 is 26.9 Å². The fraction of sp³-hybridized carbons (Fsp3) is 0.484. The minimum Gasteiger partial charge on any atom is -0.382 e. The van der Waals surface area contributed by atoms with Gasteiger partial charge in [0, 0.05) is 54.9 Å². The number of hydrogen-bond acceptors (Lipinski definition) is 10. The Morgan fingerprint density at radius 2 is 1.87 bits per heavy atom. The predicted molar refractivity (Wildman–Crippen MR) is 167 cm³/mol. The Morgan fingerprint density at radius 1 is 1.11 bits per heavy atom. The van der Waals surface area contributed by atoms with Crippen LogP contribution in [-0.4, -0.2) is 69.4 Å². The van der Waals surface area contributed by atoms with Gasteiger partial charge in [0.15, 0.2) is 11.5 Å². The zero-order chi connectivity index (χ0) is 32.0. The topological polar surface area (TPSA) is 144 Å². The lowest BCUT2D eigenvalue weighted by atomic mass is 9.85. The van der Waals surface area contributed by atoms with Crippen LogP contribution >= 0.6 is 0 Å². The number of hydrogen-bond donors (Lipinski definition) is 3. The lowest BCUT2D eigenvalue weighted by Gasteiger charge is -2.36. The van der Waals surface area contributed by atoms with Gasteiger partial charge in [0.1, 0.15) is 0 Å². The van der Waals surface area contributed by atoms with Crippen molar-refractivity contribution in [2.24, 2.45) is 11.7 Å². The van der Waals surface area contributed by atoms with Gasteiger partial charge >= 0.3 is 0 Å². The zero-order valence-electron chi connectivity index (χ0n) is 25.6. The molecule has 11 nitrogen and oxygen atoms in total. The van der Waals surface area contributed by atoms with Gasteiger partial charge in [-0.15, -0.1) is 0 Å². The van der Waals surface area contributed by atoms with E-state index in [4.69, 9.17) is 10.7 Å². The van der Waals surface area contributed by atoms with Gasteiger partial charge in [-0.25, -0.2) is 27.2 Å². The van der Waals surface area contributed by atoms with Gasteiger partial charge in [0.2, 0.25) is 0 Å². The first kappa shape index (κ1) is 31.2. The van der Waals surface area contributed by atoms with Crippen molar-refractivity contribution in [3.63, 3.8) is 0 Å². The fourth-order valence-electron chi connectivity index (χ4n) is 5.94. The highest BCUT2D eigenvalue weighted by Crippen LogP contribution is 2.34. The van der Waals surface area contributed by atoms with E-state index in [1.807, 2.05) is 6.08 Å². The summed E-state index contributed by atoms with van der Waals surface area (Å²) in [5.74, 6) is -2.08. The van der Waals surface area contributed by atoms with Crippen LogP contribution in [0.25, 0.3) is 17.0 Å². The summed E-state index contributed by atoms with van der Waals surface area (Å²) < 4.78 is 54.1. The third kappa shape index (κ3) is 6.77. The van der Waals surface area contributed by atoms with Gasteiger partial charge in [-0.05, 0) is 82.8 Å². The second-order valence-electron chi connectivity index (χ2n) is 12.7. The maximum Gasteiger partial charge on any atom is 0.272 e. The standard InChI is InChI=1S/C31H39F2N9O2S/c1-30(32,33)22-6-11-26(36-16-22)25-17-37-31(34,14-27(25)39-23-7-4-20(5-8-23)18-41(2)3)28-12-13-35-29(40-28)21-15-38-42(19-21)45(43,44)24-9-10-24/h6,11-17,19-20,23-24,37,39H,4-5,7-10,18,34H2,1-3H3. The van der Waals surface area contributed by atoms with E-state index in [-0.39, 0.29) is 17.4 Å². The van der Waals surface area contributed by atoms with E-state index in [9.17, 15) is 17.2 Å². The number of halogens is 2. The first-order chi connectivity index (χ1) is 21.3. The summed E-state index contributed by atoms with van der Waals surface area (Å²) in [6.07, 6.45) is 14.6. The van der Waals surface area contributed by atoms with Gasteiger partial charge in [-0.1, -0.05) is 0 Å². The molecule has 4 N–H and O–H groups in total. The van der Waals surface area contributed by atoms with Gasteiger partial charge in [0.05, 0.1) is 34.6 Å². The SMILES string of the molecule is CN(C)CC1CCC(NC2=CC(N)(c3ccnc(-c4cnn(S(=O)(=O)C5CC5)c4)n3)NC=C2c2ccc(C(C)(F)F)cn2)CC1. The quantitative estimate of drug-likeness (QED) is 0.301. The van der Waals surface area contributed by atoms with Crippen molar-refractivity contribution < 1.29 is 17.2 Å². The highest BCUT2D eigenvalue weighted by atomic mass is 32.2. The Bertz CT molecular complexity index is 1700. The monoisotopic (exact) mass is 639 g/mol. The van der Waals surface area contributed by atoms with Crippen LogP contribution in [0.4, 0.5) is 8.78 Å². The first-order valence-electron chi connectivity index (χ1n) is 15.2. The van der Waals surface area contributed by atoms with Crippen LogP contribution in [0.15, 0.2) is 61.0 Å². The Balaban J connectivity index is 1.29. The van der Waals surface area contributed by atoms with E-state index in [1.54, 1.807) is 24.5 Å². The largest absolute Gasteiger partial charge is 0.382 e. The molecule has 0 amide bonds. The van der Waals surface area contributed by atoms with Gasteiger partial charge < -0.3 is 21.3 Å². The van der Waals surface area contributed by atoms with E-state index in [2.05, 4.69) is 44.7 Å². The van der Waals surface area contributed by atoms with Crippen LogP contribution in [0.5, 0.6) is 0 Å². The van der Waals surface area contributed by atoms with E-state index in [0.717, 1.165) is 48.9 Å². The molecule has 3 aromatic heterocycles. The molecule has 1 unspecified atom stereocenters. The molecule has 2 aliphatic carbocycles. The van der Waals surface area contributed by atoms with Crippen molar-refractivity contribution in [1.29, 1.82) is 0 Å². The number of nitrogens with one attached hydrogen (secondary N) is 2. The Labute approximate surface area is 262 Å². The summed E-state index contributed by atoms with van der Waals surface area (Å²) in [5, 5.41) is 10.6. The molecule has 2 saturated carbocycles. The molecule has 240 valence electrons. The van der Waals surface area contributed by atoms with Gasteiger partial charge in [0.25, 0.3) is 15.9 Å². The van der Waals surface area contributed by atoms with Crippen molar-refractivity contribution in [3.05, 3.63) is 77.9 Å². The number of allylic oxidation sites excluding steroid dienone is 1. The first-order valence-corrected chi connectivity index (χ1v) is 16.7. The summed E-state index contributed by atoms with van der Waals surface area (Å²) >= 11 is 0. The molecule has 0 radical (unpaired) electrons. The molecular weight excluding hydrogens is 600 g/mol. The molecule has 0 aromatic carbocycles. The molecule has 4 heterocycles. The van der Waals surface area contributed by atoms with Crippen molar-refractivity contribution in [3.8, 4) is 11.4 Å². The second-order valence-corrected chi connectivity index (χ2v) is 14.8. The molecule has 6 rings (SSSR count). The maximum absolute atomic E-state index is 13.9. The molecule has 45 heavy (non-hydrogen) atoms. The average molecular weight is 640 g/mol. The Kier molecular flexibility index (Phi) is 8.25. The van der Waals surface area contributed by atoms with Crippen molar-refractivity contribution in [1.82, 2.24) is 39.7 Å². The second kappa shape index (κ2) is 11.9. The molecule has 3 aromatic rings. The third-order valence-electron chi connectivity index (χ3n) is 8.60. The summed E-state index contributed by atoms with van der Waals surface area (Å²) in [5.41, 5.74) is 8.34. The van der Waals surface area contributed by atoms with Gasteiger partial charge in [-0.3, -0.25) is 4.98 Å². The summed E-state index contributed by atoms with van der Waals surface area (Å²) in [4.78, 5) is 15.6. The lowest BCUT2D eigenvalue weighted by Crippen LogP contribution is -2.50. The summed E-state index contributed by atoms with van der Waals surface area (Å²) in [6, 6.07) is 4.86. The van der Waals surface area contributed by atoms with Crippen molar-refractivity contribution in [2.45, 2.75) is 68.3 Å². The smallest absolute Gasteiger partial charge is 0.272 e. The molecule has 1 atom stereocenters. The number of pyridine rings is 1. The third-order valence-corrected chi connectivity index (χ3v) is 10.6. The Hall–Kier alpha value is -3.75. The average Bonchev–Trinajstić information content (AvgIpc) is 3.75. The van der Waals surface area contributed by atoms with Crippen LogP contribution < -0.4 is 16.4 Å². The van der Waals surface area contributed by atoms with Crippen LogP contribution in [0.2, 0.25) is 0 Å². The van der Waals surface area contributed by atoms with Crippen LogP contribution in [-0.2, 0) is 21.6 Å². The molecule has 0 bridgehead atoms. The van der Waals surface area contributed by atoms with E-state index in [0.29, 0.717) is 41.3 Å². The minimum absolute atomic E-state index is 0.164. The normalized spacial score (nSPS) is 24.2. The molecule has 0 spiro atoms. The molecule has 2 fully saturated rings. The van der Waals surface area contributed by atoms with Gasteiger partial charge in [-0.2, -0.15) is 9.19 Å². The number of alkyl halides is 2. The maximum atomic E-state index is 13.9. The lowest BCUT2D eigenvalue weighted by molar-refractivity contribution is 0.0171.